The monoisotopic (exact) mass is 328 g/mol. The first-order valence-electron chi connectivity index (χ1n) is 7.86. The Labute approximate surface area is 129 Å². The molecule has 0 N–H and O–H groups in total. The van der Waals surface area contributed by atoms with Crippen molar-refractivity contribution in [3.05, 3.63) is 47.0 Å². The van der Waals surface area contributed by atoms with Gasteiger partial charge in [-0.05, 0) is 58.6 Å². The summed E-state index contributed by atoms with van der Waals surface area (Å²) in [7, 11) is 0. The highest BCUT2D eigenvalue weighted by atomic mass is 79.9. The lowest BCUT2D eigenvalue weighted by Crippen LogP contribution is -2.18. The summed E-state index contributed by atoms with van der Waals surface area (Å²) in [5, 5.41) is 3.04. The van der Waals surface area contributed by atoms with E-state index in [1.807, 2.05) is 0 Å². The van der Waals surface area contributed by atoms with Gasteiger partial charge in [0.15, 0.2) is 0 Å². The lowest BCUT2D eigenvalue weighted by Gasteiger charge is -2.31. The molecule has 0 spiro atoms. The van der Waals surface area contributed by atoms with Gasteiger partial charge in [-0.1, -0.05) is 66.0 Å². The van der Waals surface area contributed by atoms with E-state index in [0.717, 1.165) is 0 Å². The Morgan fingerprint density at radius 1 is 1.00 bits per heavy atom. The lowest BCUT2D eigenvalue weighted by atomic mass is 9.80. The molecule has 0 nitrogen and oxygen atoms in total. The van der Waals surface area contributed by atoms with Crippen molar-refractivity contribution in [3.63, 3.8) is 0 Å². The van der Waals surface area contributed by atoms with Crippen molar-refractivity contribution in [1.29, 1.82) is 0 Å². The second kappa shape index (κ2) is 4.59. The molecule has 0 amide bonds. The topological polar surface area (TPSA) is 0 Å². The standard InChI is InChI=1S/C19H21Br/c1-19(11-2-3-12-19)18(20)16-10-9-14-8-7-13-5-4-6-15(16)17(13)14/h4-6,9-10,18H,2-3,7-8,11-12H2,1H3. The average Bonchev–Trinajstić information content (AvgIpc) is 3.08. The molecule has 20 heavy (non-hydrogen) atoms. The molecule has 1 heteroatoms. The highest BCUT2D eigenvalue weighted by molar-refractivity contribution is 9.09. The summed E-state index contributed by atoms with van der Waals surface area (Å²) in [4.78, 5) is 0.488. The highest BCUT2D eigenvalue weighted by Crippen LogP contribution is 2.53. The molecule has 2 aliphatic rings. The van der Waals surface area contributed by atoms with Gasteiger partial charge in [0.25, 0.3) is 0 Å². The Kier molecular flexibility index (Phi) is 2.96. The van der Waals surface area contributed by atoms with E-state index in [4.69, 9.17) is 0 Å². The van der Waals surface area contributed by atoms with Crippen molar-refractivity contribution < 1.29 is 0 Å². The zero-order chi connectivity index (χ0) is 13.7. The summed E-state index contributed by atoms with van der Waals surface area (Å²) in [5.41, 5.74) is 5.04. The number of rotatable bonds is 2. The lowest BCUT2D eigenvalue weighted by molar-refractivity contribution is 0.332. The van der Waals surface area contributed by atoms with Gasteiger partial charge in [-0.2, -0.15) is 0 Å². The van der Waals surface area contributed by atoms with Gasteiger partial charge in [-0.3, -0.25) is 0 Å². The van der Waals surface area contributed by atoms with Gasteiger partial charge >= 0.3 is 0 Å². The van der Waals surface area contributed by atoms with Crippen molar-refractivity contribution in [2.24, 2.45) is 5.41 Å². The third-order valence-corrected chi connectivity index (χ3v) is 7.14. The molecular weight excluding hydrogens is 308 g/mol. The first-order valence-corrected chi connectivity index (χ1v) is 8.78. The van der Waals surface area contributed by atoms with Crippen LogP contribution in [-0.4, -0.2) is 0 Å². The van der Waals surface area contributed by atoms with E-state index in [2.05, 4.69) is 53.2 Å². The van der Waals surface area contributed by atoms with Crippen LogP contribution in [0, 0.1) is 5.41 Å². The molecule has 1 saturated carbocycles. The first kappa shape index (κ1) is 12.9. The van der Waals surface area contributed by atoms with E-state index in [9.17, 15) is 0 Å². The van der Waals surface area contributed by atoms with E-state index in [-0.39, 0.29) is 0 Å². The Bertz CT molecular complexity index is 655. The Morgan fingerprint density at radius 3 is 2.45 bits per heavy atom. The van der Waals surface area contributed by atoms with Gasteiger partial charge in [-0.25, -0.2) is 0 Å². The summed E-state index contributed by atoms with van der Waals surface area (Å²) >= 11 is 4.06. The number of hydrogen-bond acceptors (Lipinski definition) is 0. The maximum atomic E-state index is 4.06. The van der Waals surface area contributed by atoms with Gasteiger partial charge in [0, 0.05) is 4.83 Å². The van der Waals surface area contributed by atoms with Crippen LogP contribution in [0.1, 0.15) is 54.1 Å². The Balaban J connectivity index is 1.89. The maximum absolute atomic E-state index is 4.06. The smallest absolute Gasteiger partial charge is 0.0455 e. The van der Waals surface area contributed by atoms with Crippen molar-refractivity contribution in [3.8, 4) is 0 Å². The van der Waals surface area contributed by atoms with E-state index in [1.165, 1.54) is 49.5 Å². The first-order chi connectivity index (χ1) is 9.69. The normalized spacial score (nSPS) is 21.5. The number of alkyl halides is 1. The predicted octanol–water partition coefficient (Wildman–Crippen LogP) is 5.95. The Morgan fingerprint density at radius 2 is 1.70 bits per heavy atom. The third-order valence-electron chi connectivity index (χ3n) is 5.54. The van der Waals surface area contributed by atoms with E-state index in [0.29, 0.717) is 10.2 Å². The molecule has 2 aromatic carbocycles. The predicted molar refractivity (Wildman–Crippen MR) is 89.6 cm³/mol. The molecule has 0 aromatic heterocycles. The molecule has 0 aliphatic heterocycles. The van der Waals surface area contributed by atoms with Gasteiger partial charge in [0.1, 0.15) is 0 Å². The molecule has 2 aliphatic carbocycles. The van der Waals surface area contributed by atoms with E-state index < -0.39 is 0 Å². The summed E-state index contributed by atoms with van der Waals surface area (Å²) in [6, 6.07) is 11.6. The van der Waals surface area contributed by atoms with E-state index in [1.54, 1.807) is 16.5 Å². The number of benzene rings is 2. The molecular formula is C19H21Br. The molecule has 0 radical (unpaired) electrons. The minimum Gasteiger partial charge on any atom is -0.0833 e. The van der Waals surface area contributed by atoms with Crippen molar-refractivity contribution in [2.45, 2.75) is 50.3 Å². The van der Waals surface area contributed by atoms with Crippen LogP contribution in [0.25, 0.3) is 10.8 Å². The number of aryl methyl sites for hydroxylation is 2. The molecule has 1 unspecified atom stereocenters. The number of halogens is 1. The largest absolute Gasteiger partial charge is 0.0833 e. The van der Waals surface area contributed by atoms with Crippen molar-refractivity contribution in [2.75, 3.05) is 0 Å². The highest BCUT2D eigenvalue weighted by Gasteiger charge is 2.37. The summed E-state index contributed by atoms with van der Waals surface area (Å²) in [6.45, 7) is 2.46. The van der Waals surface area contributed by atoms with Crippen LogP contribution in [0.15, 0.2) is 30.3 Å². The Hall–Kier alpha value is -0.820. The summed E-state index contributed by atoms with van der Waals surface area (Å²) in [5.74, 6) is 0. The van der Waals surface area contributed by atoms with Crippen LogP contribution in [0.2, 0.25) is 0 Å². The molecule has 0 bridgehead atoms. The fourth-order valence-electron chi connectivity index (χ4n) is 4.30. The van der Waals surface area contributed by atoms with Gasteiger partial charge in [0.05, 0.1) is 0 Å². The zero-order valence-corrected chi connectivity index (χ0v) is 13.7. The SMILES string of the molecule is CC1(C(Br)c2ccc3c4c(cccc24)CC3)CCCC1. The van der Waals surface area contributed by atoms with Gasteiger partial charge < -0.3 is 0 Å². The minimum absolute atomic E-state index is 0.429. The fourth-order valence-corrected chi connectivity index (χ4v) is 5.16. The molecule has 0 heterocycles. The van der Waals surface area contributed by atoms with Crippen LogP contribution in [0.5, 0.6) is 0 Å². The van der Waals surface area contributed by atoms with E-state index >= 15 is 0 Å². The third kappa shape index (κ3) is 1.79. The van der Waals surface area contributed by atoms with Gasteiger partial charge in [-0.15, -0.1) is 0 Å². The second-order valence-electron chi connectivity index (χ2n) is 6.88. The molecule has 2 aromatic rings. The van der Waals surface area contributed by atoms with Crippen LogP contribution >= 0.6 is 15.9 Å². The second-order valence-corrected chi connectivity index (χ2v) is 7.79. The van der Waals surface area contributed by atoms with Crippen LogP contribution in [0.4, 0.5) is 0 Å². The molecule has 0 saturated heterocycles. The zero-order valence-electron chi connectivity index (χ0n) is 12.1. The summed E-state index contributed by atoms with van der Waals surface area (Å²) < 4.78 is 0. The van der Waals surface area contributed by atoms with Crippen LogP contribution in [0.3, 0.4) is 0 Å². The molecule has 104 valence electrons. The molecule has 1 atom stereocenters. The quantitative estimate of drug-likeness (QED) is 0.597. The molecule has 4 rings (SSSR count). The fraction of sp³-hybridized carbons (Fsp3) is 0.474. The maximum Gasteiger partial charge on any atom is 0.0455 e. The van der Waals surface area contributed by atoms with Gasteiger partial charge in [0.2, 0.25) is 0 Å². The molecule has 1 fully saturated rings. The van der Waals surface area contributed by atoms with Crippen LogP contribution < -0.4 is 0 Å². The van der Waals surface area contributed by atoms with Crippen molar-refractivity contribution in [1.82, 2.24) is 0 Å². The average molecular weight is 329 g/mol. The summed E-state index contributed by atoms with van der Waals surface area (Å²) in [6.07, 6.45) is 7.93. The number of hydrogen-bond donors (Lipinski definition) is 0. The van der Waals surface area contributed by atoms with Crippen molar-refractivity contribution >= 4 is 26.7 Å². The minimum atomic E-state index is 0.429. The van der Waals surface area contributed by atoms with Crippen LogP contribution in [-0.2, 0) is 12.8 Å².